The highest BCUT2D eigenvalue weighted by atomic mass is 16.4. The number of carbonyl (C=O) groups excluding carboxylic acids is 3. The van der Waals surface area contributed by atoms with Gasteiger partial charge < -0.3 is 15.5 Å². The number of ketones is 2. The van der Waals surface area contributed by atoms with Gasteiger partial charge in [-0.05, 0) is 48.0 Å². The Hall–Kier alpha value is -5.83. The number of carboxylic acids is 1. The molecule has 0 fully saturated rings. The van der Waals surface area contributed by atoms with Crippen LogP contribution < -0.4 is 10.7 Å². The van der Waals surface area contributed by atoms with Crippen LogP contribution in [0.4, 0.5) is 11.4 Å². The number of hydrazone groups is 1. The summed E-state index contributed by atoms with van der Waals surface area (Å²) in [5.74, 6) is -3.33. The molecule has 0 bridgehead atoms. The molecule has 0 aromatic heterocycles. The smallest absolute Gasteiger partial charge is 0.336 e. The Morgan fingerprint density at radius 3 is 2.20 bits per heavy atom. The third-order valence-corrected chi connectivity index (χ3v) is 6.20. The molecule has 0 heterocycles. The van der Waals surface area contributed by atoms with Crippen LogP contribution in [-0.2, 0) is 9.59 Å². The van der Waals surface area contributed by atoms with E-state index in [4.69, 9.17) is 0 Å². The van der Waals surface area contributed by atoms with Crippen LogP contribution in [0.15, 0.2) is 108 Å². The number of hydrogen-bond donors (Lipinski definition) is 4. The maximum atomic E-state index is 13.4. The number of amides is 1. The van der Waals surface area contributed by atoms with Crippen LogP contribution in [0.3, 0.4) is 0 Å². The summed E-state index contributed by atoms with van der Waals surface area (Å²) < 4.78 is 0. The number of aromatic carboxylic acids is 1. The maximum absolute atomic E-state index is 13.4. The summed E-state index contributed by atoms with van der Waals surface area (Å²) in [6.45, 7) is 0. The number of nitrogens with zero attached hydrogens (tertiary/aromatic N) is 1. The summed E-state index contributed by atoms with van der Waals surface area (Å²) in [5, 5.41) is 26.8. The molecule has 1 aliphatic carbocycles. The number of benzene rings is 4. The van der Waals surface area contributed by atoms with E-state index in [2.05, 4.69) is 15.8 Å². The molecule has 0 spiro atoms. The van der Waals surface area contributed by atoms with E-state index in [9.17, 15) is 29.4 Å². The van der Waals surface area contributed by atoms with Gasteiger partial charge in [-0.25, -0.2) is 4.79 Å². The van der Waals surface area contributed by atoms with Crippen molar-refractivity contribution in [3.63, 3.8) is 0 Å². The first-order chi connectivity index (χ1) is 19.3. The Balaban J connectivity index is 1.47. The van der Waals surface area contributed by atoms with Gasteiger partial charge in [-0.3, -0.25) is 19.8 Å². The van der Waals surface area contributed by atoms with E-state index in [0.29, 0.717) is 16.8 Å². The van der Waals surface area contributed by atoms with Crippen molar-refractivity contribution < 1.29 is 29.4 Å². The third kappa shape index (κ3) is 5.11. The second-order valence-corrected chi connectivity index (χ2v) is 8.78. The maximum Gasteiger partial charge on any atom is 0.336 e. The van der Waals surface area contributed by atoms with Crippen molar-refractivity contribution in [3.05, 3.63) is 130 Å². The molecule has 0 aliphatic heterocycles. The van der Waals surface area contributed by atoms with E-state index >= 15 is 0 Å². The summed E-state index contributed by atoms with van der Waals surface area (Å²) in [5.41, 5.74) is 3.95. The molecule has 4 aromatic carbocycles. The van der Waals surface area contributed by atoms with Gasteiger partial charge in [0.25, 0.3) is 5.91 Å². The molecule has 0 saturated heterocycles. The Bertz CT molecular complexity index is 1740. The van der Waals surface area contributed by atoms with Gasteiger partial charge >= 0.3 is 5.97 Å². The van der Waals surface area contributed by atoms with Gasteiger partial charge in [0.15, 0.2) is 5.78 Å². The number of rotatable bonds is 7. The van der Waals surface area contributed by atoms with Gasteiger partial charge in [-0.2, -0.15) is 5.10 Å². The summed E-state index contributed by atoms with van der Waals surface area (Å²) >= 11 is 0. The number of nitrogens with one attached hydrogen (secondary N) is 2. The molecule has 0 unspecified atom stereocenters. The first kappa shape index (κ1) is 25.8. The van der Waals surface area contributed by atoms with Crippen molar-refractivity contribution in [3.8, 4) is 5.75 Å². The van der Waals surface area contributed by atoms with Gasteiger partial charge in [0, 0.05) is 22.4 Å². The van der Waals surface area contributed by atoms with E-state index < -0.39 is 23.4 Å². The van der Waals surface area contributed by atoms with Gasteiger partial charge in [0.05, 0.1) is 16.8 Å². The molecule has 0 radical (unpaired) electrons. The number of phenolic OH excluding ortho intramolecular Hbond substituents is 1. The van der Waals surface area contributed by atoms with Gasteiger partial charge in [-0.15, -0.1) is 0 Å². The Labute approximate surface area is 228 Å². The van der Waals surface area contributed by atoms with E-state index in [0.717, 1.165) is 0 Å². The number of Topliss-reactive ketones (excluding diaryl/α,β-unsaturated/α-hetero) is 1. The molecule has 0 saturated carbocycles. The van der Waals surface area contributed by atoms with Gasteiger partial charge in [-0.1, -0.05) is 60.7 Å². The fourth-order valence-electron chi connectivity index (χ4n) is 4.22. The fraction of sp³-hybridized carbons (Fsp3) is 0. The first-order valence-corrected chi connectivity index (χ1v) is 12.1. The number of fused-ring (bicyclic) bond motifs is 1. The zero-order chi connectivity index (χ0) is 28.2. The number of para-hydroxylation sites is 1. The van der Waals surface area contributed by atoms with E-state index in [1.165, 1.54) is 42.5 Å². The van der Waals surface area contributed by atoms with Crippen LogP contribution in [-0.4, -0.2) is 39.4 Å². The molecule has 1 amide bonds. The molecular weight excluding hydrogens is 510 g/mol. The number of carbonyl (C=O) groups is 4. The second kappa shape index (κ2) is 10.9. The quantitative estimate of drug-likeness (QED) is 0.117. The third-order valence-electron chi connectivity index (χ3n) is 6.20. The molecule has 40 heavy (non-hydrogen) atoms. The second-order valence-electron chi connectivity index (χ2n) is 8.78. The number of phenols is 1. The monoisotopic (exact) mass is 531 g/mol. The molecule has 0 atom stereocenters. The lowest BCUT2D eigenvalue weighted by atomic mass is 9.89. The average molecular weight is 532 g/mol. The molecule has 196 valence electrons. The summed E-state index contributed by atoms with van der Waals surface area (Å²) in [6.07, 6.45) is 1.49. The summed E-state index contributed by atoms with van der Waals surface area (Å²) in [7, 11) is 0. The normalized spacial score (nSPS) is 13.2. The van der Waals surface area contributed by atoms with Crippen molar-refractivity contribution in [1.29, 1.82) is 0 Å². The minimum Gasteiger partial charge on any atom is -0.506 e. The van der Waals surface area contributed by atoms with Crippen LogP contribution in [0.2, 0.25) is 0 Å². The molecule has 1 aliphatic rings. The molecule has 5 rings (SSSR count). The van der Waals surface area contributed by atoms with Crippen molar-refractivity contribution in [2.45, 2.75) is 0 Å². The lowest BCUT2D eigenvalue weighted by molar-refractivity contribution is -0.116. The summed E-state index contributed by atoms with van der Waals surface area (Å²) in [4.78, 5) is 51.1. The lowest BCUT2D eigenvalue weighted by Crippen LogP contribution is -2.30. The van der Waals surface area contributed by atoms with Crippen LogP contribution in [0.1, 0.15) is 37.4 Å². The van der Waals surface area contributed by atoms with E-state index in [1.54, 1.807) is 60.7 Å². The predicted molar refractivity (Wildman–Crippen MR) is 150 cm³/mol. The van der Waals surface area contributed by atoms with Crippen molar-refractivity contribution in [2.75, 3.05) is 10.7 Å². The van der Waals surface area contributed by atoms with E-state index in [-0.39, 0.29) is 39.4 Å². The number of aromatic hydroxyl groups is 1. The van der Waals surface area contributed by atoms with Crippen molar-refractivity contribution in [1.82, 2.24) is 0 Å². The lowest BCUT2D eigenvalue weighted by Gasteiger charge is -2.18. The average Bonchev–Trinajstić information content (AvgIpc) is 2.97. The van der Waals surface area contributed by atoms with Crippen LogP contribution in [0.5, 0.6) is 5.75 Å². The number of anilines is 2. The van der Waals surface area contributed by atoms with Gasteiger partial charge in [0.2, 0.25) is 5.78 Å². The van der Waals surface area contributed by atoms with Crippen molar-refractivity contribution in [2.24, 2.45) is 5.10 Å². The minimum absolute atomic E-state index is 0.00118. The molecular formula is C31H21N3O6. The Morgan fingerprint density at radius 1 is 0.775 bits per heavy atom. The molecule has 9 nitrogen and oxygen atoms in total. The zero-order valence-electron chi connectivity index (χ0n) is 20.8. The standard InChI is InChI=1S/C31H21N3O6/c35-26-15-14-19(28(36)22-12-6-7-13-23(22)31(39)40)17-25(26)33-34-27-21-11-5-4-8-18(21)16-24(29(27)37)30(38)32-20-9-2-1-3-10-20/h1-17,33,35H,(H,32,38)(H,39,40)/b34-27-. The van der Waals surface area contributed by atoms with Crippen LogP contribution >= 0.6 is 0 Å². The number of carboxylic acid groups (broad SMARTS) is 1. The van der Waals surface area contributed by atoms with Crippen LogP contribution in [0, 0.1) is 0 Å². The SMILES string of the molecule is O=C(Nc1ccccc1)C1=Cc2ccccc2/C(=N/Nc2cc(C(=O)c3ccccc3C(=O)O)ccc2O)C1=O. The topological polar surface area (TPSA) is 145 Å². The Kier molecular flexibility index (Phi) is 7.02. The highest BCUT2D eigenvalue weighted by Crippen LogP contribution is 2.28. The highest BCUT2D eigenvalue weighted by Gasteiger charge is 2.30. The molecule has 9 heteroatoms. The first-order valence-electron chi connectivity index (χ1n) is 12.1. The largest absolute Gasteiger partial charge is 0.506 e. The molecule has 4 N–H and O–H groups in total. The summed E-state index contributed by atoms with van der Waals surface area (Å²) in [6, 6.07) is 25.3. The van der Waals surface area contributed by atoms with Gasteiger partial charge in [0.1, 0.15) is 11.5 Å². The minimum atomic E-state index is -1.25. The van der Waals surface area contributed by atoms with Crippen LogP contribution in [0.25, 0.3) is 6.08 Å². The van der Waals surface area contributed by atoms with Crippen molar-refractivity contribution >= 4 is 46.6 Å². The molecule has 4 aromatic rings. The predicted octanol–water partition coefficient (Wildman–Crippen LogP) is 4.74. The highest BCUT2D eigenvalue weighted by molar-refractivity contribution is 6.59. The number of hydrogen-bond acceptors (Lipinski definition) is 7. The Morgan fingerprint density at radius 2 is 1.45 bits per heavy atom. The van der Waals surface area contributed by atoms with E-state index in [1.807, 2.05) is 0 Å². The fourth-order valence-corrected chi connectivity index (χ4v) is 4.22. The zero-order valence-corrected chi connectivity index (χ0v) is 20.8.